The van der Waals surface area contributed by atoms with Gasteiger partial charge in [0.25, 0.3) is 0 Å². The summed E-state index contributed by atoms with van der Waals surface area (Å²) in [5.74, 6) is 1.26. The Kier molecular flexibility index (Phi) is 9.78. The van der Waals surface area contributed by atoms with Crippen molar-refractivity contribution in [3.8, 4) is 22.8 Å². The van der Waals surface area contributed by atoms with Crippen molar-refractivity contribution in [2.24, 2.45) is 11.7 Å². The molecule has 2 aliphatic heterocycles. The Bertz CT molecular complexity index is 1510. The lowest BCUT2D eigenvalue weighted by Gasteiger charge is -2.36. The molecule has 2 aromatic carbocycles. The molecule has 4 N–H and O–H groups in total. The van der Waals surface area contributed by atoms with Crippen LogP contribution in [0, 0.1) is 5.92 Å². The minimum atomic E-state index is -0.558. The van der Waals surface area contributed by atoms with E-state index in [0.29, 0.717) is 36.4 Å². The lowest BCUT2D eigenvalue weighted by Crippen LogP contribution is -2.49. The molecule has 3 heterocycles. The average molecular weight is 604 g/mol. The van der Waals surface area contributed by atoms with Crippen LogP contribution in [0.5, 0.6) is 11.5 Å². The molecule has 0 bridgehead atoms. The number of carbonyl (C=O) groups is 3. The summed E-state index contributed by atoms with van der Waals surface area (Å²) in [4.78, 5) is 44.4. The van der Waals surface area contributed by atoms with Crippen LogP contribution in [0.3, 0.4) is 0 Å². The Morgan fingerprint density at radius 2 is 1.75 bits per heavy atom. The number of piperidine rings is 2. The van der Waals surface area contributed by atoms with Gasteiger partial charge in [0.15, 0.2) is 11.5 Å². The number of nitrogens with zero attached hydrogens (tertiary/aromatic N) is 2. The number of aromatic amines is 1. The summed E-state index contributed by atoms with van der Waals surface area (Å²) in [5, 5.41) is 3.84. The first kappa shape index (κ1) is 31.4. The number of aromatic nitrogens is 1. The molecule has 0 spiro atoms. The zero-order chi connectivity index (χ0) is 31.4. The second-order valence-electron chi connectivity index (χ2n) is 12.4. The van der Waals surface area contributed by atoms with Crippen molar-refractivity contribution in [3.63, 3.8) is 0 Å². The van der Waals surface area contributed by atoms with Gasteiger partial charge in [-0.05, 0) is 85.5 Å². The molecular weight excluding hydrogens is 558 g/mol. The number of hydrogen-bond donors (Lipinski definition) is 3. The Hall–Kier alpha value is -4.05. The number of amides is 3. The Morgan fingerprint density at radius 3 is 2.43 bits per heavy atom. The number of methoxy groups -OCH3 is 2. The number of hydrogen-bond acceptors (Lipinski definition) is 6. The first-order valence-corrected chi connectivity index (χ1v) is 15.6. The number of carbonyl (C=O) groups excluding carboxylic acids is 3. The third kappa shape index (κ3) is 6.85. The summed E-state index contributed by atoms with van der Waals surface area (Å²) in [6.45, 7) is 7.37. The molecule has 0 aliphatic carbocycles. The van der Waals surface area contributed by atoms with E-state index in [2.05, 4.69) is 53.3 Å². The van der Waals surface area contributed by atoms with Gasteiger partial charge < -0.3 is 30.4 Å². The smallest absolute Gasteiger partial charge is 0.236 e. The highest BCUT2D eigenvalue weighted by atomic mass is 16.5. The third-order valence-corrected chi connectivity index (χ3v) is 9.10. The van der Waals surface area contributed by atoms with Crippen molar-refractivity contribution < 1.29 is 23.9 Å². The highest BCUT2D eigenvalue weighted by Crippen LogP contribution is 2.40. The maximum Gasteiger partial charge on any atom is 0.236 e. The van der Waals surface area contributed by atoms with Crippen molar-refractivity contribution in [1.82, 2.24) is 20.1 Å². The molecule has 1 atom stereocenters. The first-order chi connectivity index (χ1) is 21.2. The third-order valence-electron chi connectivity index (χ3n) is 9.10. The topological polar surface area (TPSA) is 130 Å². The minimum absolute atomic E-state index is 0.115. The highest BCUT2D eigenvalue weighted by Gasteiger charge is 2.30. The molecule has 10 heteroatoms. The van der Waals surface area contributed by atoms with Crippen LogP contribution in [0.2, 0.25) is 0 Å². The van der Waals surface area contributed by atoms with E-state index >= 15 is 0 Å². The van der Waals surface area contributed by atoms with Crippen molar-refractivity contribution in [2.45, 2.75) is 51.4 Å². The second kappa shape index (κ2) is 13.7. The standard InChI is InChI=1S/C34H45N5O5/c1-21(2)32-26-16-23(7-9-27(26)37-33(32)24-8-10-28(43-3)29(17-24)44-4)22-11-14-39(15-12-22)31(41)20-38-13-5-6-25(19-38)34(42)36-18-30(35)40/h7-10,16-17,21-22,25,37H,5-6,11-15,18-20H2,1-4H3,(H2,35,40)(H,36,42)/t25-/m0/s1. The molecule has 10 nitrogen and oxygen atoms in total. The van der Waals surface area contributed by atoms with E-state index in [9.17, 15) is 14.4 Å². The zero-order valence-corrected chi connectivity index (χ0v) is 26.3. The van der Waals surface area contributed by atoms with E-state index in [1.807, 2.05) is 17.0 Å². The molecule has 0 radical (unpaired) electrons. The van der Waals surface area contributed by atoms with Gasteiger partial charge in [-0.2, -0.15) is 0 Å². The normalized spacial score (nSPS) is 18.0. The van der Waals surface area contributed by atoms with Crippen molar-refractivity contribution in [3.05, 3.63) is 47.5 Å². The van der Waals surface area contributed by atoms with Gasteiger partial charge in [0.1, 0.15) is 0 Å². The van der Waals surface area contributed by atoms with Crippen LogP contribution in [-0.4, -0.2) is 86.0 Å². The van der Waals surface area contributed by atoms with Crippen LogP contribution in [0.15, 0.2) is 36.4 Å². The summed E-state index contributed by atoms with van der Waals surface area (Å²) < 4.78 is 11.0. The fourth-order valence-electron chi connectivity index (χ4n) is 6.79. The molecule has 1 aromatic heterocycles. The predicted molar refractivity (Wildman–Crippen MR) is 171 cm³/mol. The second-order valence-corrected chi connectivity index (χ2v) is 12.4. The number of likely N-dealkylation sites (tertiary alicyclic amines) is 2. The molecule has 5 rings (SSSR count). The van der Waals surface area contributed by atoms with Crippen LogP contribution >= 0.6 is 0 Å². The SMILES string of the molecule is COc1ccc(-c2[nH]c3ccc(C4CCN(C(=O)CN5CCC[C@H](C(=O)NCC(N)=O)C5)CC4)cc3c2C(C)C)cc1OC. The molecule has 2 aliphatic rings. The van der Waals surface area contributed by atoms with Gasteiger partial charge in [0.2, 0.25) is 17.7 Å². The molecule has 2 saturated heterocycles. The molecule has 3 amide bonds. The average Bonchev–Trinajstić information content (AvgIpc) is 3.42. The largest absolute Gasteiger partial charge is 0.493 e. The number of nitrogens with two attached hydrogens (primary N) is 1. The van der Waals surface area contributed by atoms with Crippen LogP contribution < -0.4 is 20.5 Å². The summed E-state index contributed by atoms with van der Waals surface area (Å²) in [6, 6.07) is 12.8. The van der Waals surface area contributed by atoms with Gasteiger partial charge >= 0.3 is 0 Å². The maximum atomic E-state index is 13.2. The molecule has 0 saturated carbocycles. The van der Waals surface area contributed by atoms with E-state index in [1.54, 1.807) is 14.2 Å². The molecule has 236 valence electrons. The number of benzene rings is 2. The van der Waals surface area contributed by atoms with Crippen LogP contribution in [0.25, 0.3) is 22.2 Å². The molecule has 0 unspecified atom stereocenters. The lowest BCUT2D eigenvalue weighted by atomic mass is 9.87. The number of primary amides is 1. The van der Waals surface area contributed by atoms with Gasteiger partial charge in [0, 0.05) is 36.1 Å². The number of rotatable bonds is 10. The molecule has 3 aromatic rings. The van der Waals surface area contributed by atoms with Crippen molar-refractivity contribution >= 4 is 28.6 Å². The van der Waals surface area contributed by atoms with E-state index in [0.717, 1.165) is 62.1 Å². The summed E-state index contributed by atoms with van der Waals surface area (Å²) >= 11 is 0. The number of nitrogens with one attached hydrogen (secondary N) is 2. The van der Waals surface area contributed by atoms with Gasteiger partial charge in [-0.1, -0.05) is 19.9 Å². The quantitative estimate of drug-likeness (QED) is 0.321. The van der Waals surface area contributed by atoms with E-state index in [-0.39, 0.29) is 24.3 Å². The predicted octanol–water partition coefficient (Wildman–Crippen LogP) is 4.00. The van der Waals surface area contributed by atoms with Gasteiger partial charge in [-0.3, -0.25) is 19.3 Å². The fourth-order valence-corrected chi connectivity index (χ4v) is 6.79. The monoisotopic (exact) mass is 603 g/mol. The van der Waals surface area contributed by atoms with Gasteiger partial charge in [-0.25, -0.2) is 0 Å². The fraction of sp³-hybridized carbons (Fsp3) is 0.500. The summed E-state index contributed by atoms with van der Waals surface area (Å²) in [7, 11) is 3.30. The summed E-state index contributed by atoms with van der Waals surface area (Å²) in [6.07, 6.45) is 3.43. The van der Waals surface area contributed by atoms with Crippen LogP contribution in [0.1, 0.15) is 62.5 Å². The van der Waals surface area contributed by atoms with E-state index < -0.39 is 5.91 Å². The Balaban J connectivity index is 1.24. The summed E-state index contributed by atoms with van der Waals surface area (Å²) in [5.41, 5.74) is 11.0. The lowest BCUT2D eigenvalue weighted by molar-refractivity contribution is -0.135. The number of H-pyrrole nitrogens is 1. The highest BCUT2D eigenvalue weighted by molar-refractivity contribution is 5.92. The number of ether oxygens (including phenoxy) is 2. The van der Waals surface area contributed by atoms with Crippen molar-refractivity contribution in [2.75, 3.05) is 53.5 Å². The molecule has 2 fully saturated rings. The van der Waals surface area contributed by atoms with E-state index in [4.69, 9.17) is 15.2 Å². The van der Waals surface area contributed by atoms with E-state index in [1.165, 1.54) is 16.5 Å². The van der Waals surface area contributed by atoms with Crippen LogP contribution in [-0.2, 0) is 14.4 Å². The van der Waals surface area contributed by atoms with Gasteiger partial charge in [0.05, 0.1) is 38.9 Å². The van der Waals surface area contributed by atoms with Crippen LogP contribution in [0.4, 0.5) is 0 Å². The van der Waals surface area contributed by atoms with Crippen molar-refractivity contribution in [1.29, 1.82) is 0 Å². The minimum Gasteiger partial charge on any atom is -0.493 e. The maximum absolute atomic E-state index is 13.2. The Morgan fingerprint density at radius 1 is 1.00 bits per heavy atom. The molecular formula is C34H45N5O5. The zero-order valence-electron chi connectivity index (χ0n) is 26.3. The van der Waals surface area contributed by atoms with Gasteiger partial charge in [-0.15, -0.1) is 0 Å². The Labute approximate surface area is 259 Å². The molecule has 44 heavy (non-hydrogen) atoms. The first-order valence-electron chi connectivity index (χ1n) is 15.6. The number of fused-ring (bicyclic) bond motifs is 1.